The van der Waals surface area contributed by atoms with Crippen LogP contribution in [0.3, 0.4) is 0 Å². The maximum Gasteiger partial charge on any atom is 0.335 e. The number of nitrogens with zero attached hydrogens (tertiary/aromatic N) is 1. The number of carboxylic acids is 1. The molecule has 0 saturated heterocycles. The Balaban J connectivity index is 1.82. The second kappa shape index (κ2) is 8.92. The van der Waals surface area contributed by atoms with E-state index in [0.29, 0.717) is 0 Å². The summed E-state index contributed by atoms with van der Waals surface area (Å²) in [7, 11) is 0. The molecule has 0 fully saturated rings. The van der Waals surface area contributed by atoms with Gasteiger partial charge in [0.1, 0.15) is 5.82 Å². The number of amides is 1. The van der Waals surface area contributed by atoms with Crippen molar-refractivity contribution in [2.45, 2.75) is 6.04 Å². The lowest BCUT2D eigenvalue weighted by Gasteiger charge is -2.27. The highest BCUT2D eigenvalue weighted by molar-refractivity contribution is 6.20. The Morgan fingerprint density at radius 1 is 0.939 bits per heavy atom. The van der Waals surface area contributed by atoms with E-state index in [9.17, 15) is 29.0 Å². The summed E-state index contributed by atoms with van der Waals surface area (Å²) >= 11 is 0. The van der Waals surface area contributed by atoms with Crippen LogP contribution >= 0.6 is 0 Å². The van der Waals surface area contributed by atoms with Crippen LogP contribution in [0.2, 0.25) is 0 Å². The van der Waals surface area contributed by atoms with Gasteiger partial charge in [0, 0.05) is 5.69 Å². The van der Waals surface area contributed by atoms with Crippen LogP contribution in [0.4, 0.5) is 10.1 Å². The molecule has 7 heteroatoms. The summed E-state index contributed by atoms with van der Waals surface area (Å²) in [6.07, 6.45) is 2.78. The molecule has 1 aliphatic rings. The molecule has 0 radical (unpaired) electrons. The van der Waals surface area contributed by atoms with E-state index in [2.05, 4.69) is 0 Å². The van der Waals surface area contributed by atoms with Crippen LogP contribution in [0.25, 0.3) is 6.08 Å². The maximum absolute atomic E-state index is 14.1. The molecule has 4 rings (SSSR count). The first-order valence-corrected chi connectivity index (χ1v) is 10.00. The number of allylic oxidation sites excluding steroid dienone is 1. The van der Waals surface area contributed by atoms with E-state index in [4.69, 9.17) is 0 Å². The molecule has 0 aromatic heterocycles. The number of carbonyl (C=O) groups excluding carboxylic acids is 2. The second-order valence-electron chi connectivity index (χ2n) is 7.36. The van der Waals surface area contributed by atoms with Gasteiger partial charge in [0.2, 0.25) is 0 Å². The third kappa shape index (κ3) is 4.29. The number of carboxylic acid groups (broad SMARTS) is 1. The molecule has 0 spiro atoms. The summed E-state index contributed by atoms with van der Waals surface area (Å²) in [6.45, 7) is 0. The quantitative estimate of drug-likeness (QED) is 0.538. The largest absolute Gasteiger partial charge is 0.503 e. The number of rotatable bonds is 6. The van der Waals surface area contributed by atoms with Crippen LogP contribution in [-0.4, -0.2) is 27.9 Å². The highest BCUT2D eigenvalue weighted by Gasteiger charge is 2.44. The standard InChI is InChI=1S/C26H18FNO5/c27-19-10-4-8-17(14-19)23-22(21(29)13-12-16-6-2-1-3-7-16)24(30)25(31)28(23)20-11-5-9-18(15-20)26(32)33/h1-15,23,30H,(H,32,33). The van der Waals surface area contributed by atoms with E-state index in [-0.39, 0.29) is 22.4 Å². The zero-order valence-electron chi connectivity index (χ0n) is 17.2. The molecule has 1 heterocycles. The average molecular weight is 443 g/mol. The number of aliphatic hydroxyl groups excluding tert-OH is 1. The average Bonchev–Trinajstić information content (AvgIpc) is 3.09. The van der Waals surface area contributed by atoms with E-state index in [1.165, 1.54) is 54.6 Å². The SMILES string of the molecule is O=C(C=Cc1ccccc1)C1=C(O)C(=O)N(c2cccc(C(=O)O)c2)C1c1cccc(F)c1. The van der Waals surface area contributed by atoms with Gasteiger partial charge in [-0.15, -0.1) is 0 Å². The van der Waals surface area contributed by atoms with Crippen LogP contribution < -0.4 is 4.90 Å². The zero-order valence-corrected chi connectivity index (χ0v) is 17.2. The van der Waals surface area contributed by atoms with Gasteiger partial charge < -0.3 is 10.2 Å². The molecule has 2 N–H and O–H groups in total. The number of aromatic carboxylic acids is 1. The first kappa shape index (κ1) is 21.7. The minimum atomic E-state index is -1.20. The van der Waals surface area contributed by atoms with Gasteiger partial charge in [0.15, 0.2) is 11.5 Å². The lowest BCUT2D eigenvalue weighted by molar-refractivity contribution is -0.117. The summed E-state index contributed by atoms with van der Waals surface area (Å²) in [6, 6.07) is 18.7. The van der Waals surface area contributed by atoms with Gasteiger partial charge in [-0.25, -0.2) is 9.18 Å². The molecule has 0 aliphatic carbocycles. The fourth-order valence-corrected chi connectivity index (χ4v) is 3.73. The molecule has 3 aromatic rings. The highest BCUT2D eigenvalue weighted by atomic mass is 19.1. The van der Waals surface area contributed by atoms with Crippen molar-refractivity contribution in [1.29, 1.82) is 0 Å². The second-order valence-corrected chi connectivity index (χ2v) is 7.36. The number of carbonyl (C=O) groups is 3. The normalized spacial score (nSPS) is 16.0. The Labute approximate surface area is 188 Å². The molecule has 1 aliphatic heterocycles. The van der Waals surface area contributed by atoms with Crippen molar-refractivity contribution in [3.8, 4) is 0 Å². The summed E-state index contributed by atoms with van der Waals surface area (Å²) < 4.78 is 14.1. The minimum absolute atomic E-state index is 0.0819. The van der Waals surface area contributed by atoms with E-state index in [1.54, 1.807) is 30.3 Å². The fourth-order valence-electron chi connectivity index (χ4n) is 3.73. The van der Waals surface area contributed by atoms with Gasteiger partial charge in [-0.05, 0) is 47.5 Å². The van der Waals surface area contributed by atoms with Crippen LogP contribution in [-0.2, 0) is 9.59 Å². The van der Waals surface area contributed by atoms with Crippen molar-refractivity contribution in [3.63, 3.8) is 0 Å². The first-order chi connectivity index (χ1) is 15.9. The van der Waals surface area contributed by atoms with E-state index in [1.807, 2.05) is 6.07 Å². The van der Waals surface area contributed by atoms with Crippen molar-refractivity contribution in [2.24, 2.45) is 0 Å². The summed E-state index contributed by atoms with van der Waals surface area (Å²) in [5, 5.41) is 20.0. The van der Waals surface area contributed by atoms with E-state index >= 15 is 0 Å². The minimum Gasteiger partial charge on any atom is -0.503 e. The van der Waals surface area contributed by atoms with Gasteiger partial charge in [0.25, 0.3) is 5.91 Å². The molecule has 1 atom stereocenters. The van der Waals surface area contributed by atoms with Crippen molar-refractivity contribution in [3.05, 3.63) is 119 Å². The predicted molar refractivity (Wildman–Crippen MR) is 120 cm³/mol. The molecular formula is C26H18FNO5. The number of hydrogen-bond donors (Lipinski definition) is 2. The topological polar surface area (TPSA) is 94.9 Å². The van der Waals surface area contributed by atoms with Crippen molar-refractivity contribution in [2.75, 3.05) is 4.90 Å². The summed E-state index contributed by atoms with van der Waals surface area (Å²) in [5.74, 6) is -4.07. The Morgan fingerprint density at radius 3 is 2.36 bits per heavy atom. The van der Waals surface area contributed by atoms with Crippen LogP contribution in [0.5, 0.6) is 0 Å². The molecule has 6 nitrogen and oxygen atoms in total. The van der Waals surface area contributed by atoms with Gasteiger partial charge in [0.05, 0.1) is 17.2 Å². The number of aliphatic hydroxyl groups is 1. The Hall–Kier alpha value is -4.52. The van der Waals surface area contributed by atoms with Gasteiger partial charge in [-0.2, -0.15) is 0 Å². The predicted octanol–water partition coefficient (Wildman–Crippen LogP) is 4.71. The maximum atomic E-state index is 14.1. The van der Waals surface area contributed by atoms with E-state index in [0.717, 1.165) is 10.5 Å². The molecular weight excluding hydrogens is 425 g/mol. The van der Waals surface area contributed by atoms with Gasteiger partial charge in [-0.1, -0.05) is 54.6 Å². The zero-order chi connectivity index (χ0) is 23.5. The summed E-state index contributed by atoms with van der Waals surface area (Å²) in [4.78, 5) is 38.7. The van der Waals surface area contributed by atoms with Crippen LogP contribution in [0.15, 0.2) is 96.3 Å². The third-order valence-corrected chi connectivity index (χ3v) is 5.24. The molecule has 33 heavy (non-hydrogen) atoms. The number of ketones is 1. The Morgan fingerprint density at radius 2 is 1.67 bits per heavy atom. The van der Waals surface area contributed by atoms with Crippen molar-refractivity contribution in [1.82, 2.24) is 0 Å². The number of halogens is 1. The highest BCUT2D eigenvalue weighted by Crippen LogP contribution is 2.41. The Kier molecular flexibility index (Phi) is 5.87. The molecule has 1 amide bonds. The molecule has 0 saturated carbocycles. The van der Waals surface area contributed by atoms with Crippen LogP contribution in [0.1, 0.15) is 27.5 Å². The van der Waals surface area contributed by atoms with Crippen molar-refractivity contribution < 1.29 is 29.0 Å². The van der Waals surface area contributed by atoms with Crippen molar-refractivity contribution >= 4 is 29.4 Å². The third-order valence-electron chi connectivity index (χ3n) is 5.24. The van der Waals surface area contributed by atoms with Gasteiger partial charge in [-0.3, -0.25) is 14.5 Å². The number of hydrogen-bond acceptors (Lipinski definition) is 4. The molecule has 1 unspecified atom stereocenters. The monoisotopic (exact) mass is 443 g/mol. The smallest absolute Gasteiger partial charge is 0.335 e. The molecule has 0 bridgehead atoms. The van der Waals surface area contributed by atoms with E-state index < -0.39 is 35.3 Å². The Bertz CT molecular complexity index is 1310. The molecule has 3 aromatic carbocycles. The number of anilines is 1. The lowest BCUT2D eigenvalue weighted by atomic mass is 9.95. The summed E-state index contributed by atoms with van der Waals surface area (Å²) in [5.41, 5.74) is 0.837. The molecule has 164 valence electrons. The fraction of sp³-hybridized carbons (Fsp3) is 0.0385. The number of benzene rings is 3. The lowest BCUT2D eigenvalue weighted by Crippen LogP contribution is -2.31. The van der Waals surface area contributed by atoms with Crippen LogP contribution in [0, 0.1) is 5.82 Å². The van der Waals surface area contributed by atoms with Gasteiger partial charge >= 0.3 is 5.97 Å². The first-order valence-electron chi connectivity index (χ1n) is 10.00.